The molecule has 0 aromatic heterocycles. The summed E-state index contributed by atoms with van der Waals surface area (Å²) in [5.41, 5.74) is 0. The maximum Gasteiger partial charge on any atom is 0.216 e. The van der Waals surface area contributed by atoms with Gasteiger partial charge < -0.3 is 5.32 Å². The van der Waals surface area contributed by atoms with Gasteiger partial charge in [0, 0.05) is 13.1 Å². The first-order chi connectivity index (χ1) is 6.56. The smallest absolute Gasteiger partial charge is 0.216 e. The molecule has 1 aliphatic heterocycles. The number of hydrogen-bond acceptors (Lipinski definition) is 3. The van der Waals surface area contributed by atoms with Gasteiger partial charge in [-0.05, 0) is 19.4 Å². The van der Waals surface area contributed by atoms with E-state index in [1.54, 1.807) is 0 Å². The summed E-state index contributed by atoms with van der Waals surface area (Å²) in [7, 11) is -1.66. The first-order valence-electron chi connectivity index (χ1n) is 4.67. The van der Waals surface area contributed by atoms with Crippen molar-refractivity contribution in [3.05, 3.63) is 0 Å². The standard InChI is InChI=1S/C9H16N2O2S/c1-3-7-11(2)14(12,13)8-9-5-4-6-10-9/h1,9-10H,4-8H2,2H3. The van der Waals surface area contributed by atoms with Crippen LogP contribution in [0, 0.1) is 12.3 Å². The highest BCUT2D eigenvalue weighted by molar-refractivity contribution is 7.89. The van der Waals surface area contributed by atoms with Crippen LogP contribution in [0.1, 0.15) is 12.8 Å². The Morgan fingerprint density at radius 1 is 1.64 bits per heavy atom. The SMILES string of the molecule is C#CCN(C)S(=O)(=O)CC1CCCN1. The summed E-state index contributed by atoms with van der Waals surface area (Å²) in [5, 5.41) is 3.15. The first kappa shape index (κ1) is 11.5. The van der Waals surface area contributed by atoms with E-state index in [1.807, 2.05) is 0 Å². The van der Waals surface area contributed by atoms with Gasteiger partial charge in [-0.25, -0.2) is 8.42 Å². The minimum atomic E-state index is -3.18. The Hall–Kier alpha value is -0.570. The molecule has 1 atom stereocenters. The van der Waals surface area contributed by atoms with Crippen LogP contribution in [0.3, 0.4) is 0 Å². The normalized spacial score (nSPS) is 22.5. The van der Waals surface area contributed by atoms with Crippen LogP contribution in [-0.2, 0) is 10.0 Å². The Balaban J connectivity index is 2.52. The van der Waals surface area contributed by atoms with Crippen molar-refractivity contribution < 1.29 is 8.42 Å². The highest BCUT2D eigenvalue weighted by Crippen LogP contribution is 2.09. The molecule has 0 saturated carbocycles. The Labute approximate surface area is 85.7 Å². The van der Waals surface area contributed by atoms with E-state index in [4.69, 9.17) is 6.42 Å². The van der Waals surface area contributed by atoms with Crippen molar-refractivity contribution in [3.8, 4) is 12.3 Å². The number of terminal acetylenes is 1. The summed E-state index contributed by atoms with van der Waals surface area (Å²) in [5.74, 6) is 2.48. The maximum atomic E-state index is 11.7. The summed E-state index contributed by atoms with van der Waals surface area (Å²) in [6.45, 7) is 1.06. The van der Waals surface area contributed by atoms with Crippen LogP contribution in [0.5, 0.6) is 0 Å². The molecule has 0 amide bonds. The van der Waals surface area contributed by atoms with Gasteiger partial charge in [0.2, 0.25) is 10.0 Å². The van der Waals surface area contributed by atoms with Crippen LogP contribution < -0.4 is 5.32 Å². The van der Waals surface area contributed by atoms with Crippen molar-refractivity contribution in [2.45, 2.75) is 18.9 Å². The van der Waals surface area contributed by atoms with E-state index in [0.717, 1.165) is 19.4 Å². The maximum absolute atomic E-state index is 11.7. The van der Waals surface area contributed by atoms with Gasteiger partial charge in [0.05, 0.1) is 12.3 Å². The monoisotopic (exact) mass is 216 g/mol. The highest BCUT2D eigenvalue weighted by Gasteiger charge is 2.24. The van der Waals surface area contributed by atoms with Crippen molar-refractivity contribution in [3.63, 3.8) is 0 Å². The van der Waals surface area contributed by atoms with Gasteiger partial charge in [0.25, 0.3) is 0 Å². The van der Waals surface area contributed by atoms with Crippen LogP contribution in [0.4, 0.5) is 0 Å². The van der Waals surface area contributed by atoms with E-state index in [1.165, 1.54) is 11.4 Å². The largest absolute Gasteiger partial charge is 0.313 e. The van der Waals surface area contributed by atoms with E-state index < -0.39 is 10.0 Å². The van der Waals surface area contributed by atoms with E-state index in [-0.39, 0.29) is 18.3 Å². The molecule has 1 heterocycles. The fourth-order valence-electron chi connectivity index (χ4n) is 1.51. The third-order valence-electron chi connectivity index (χ3n) is 2.36. The first-order valence-corrected chi connectivity index (χ1v) is 6.28. The predicted molar refractivity (Wildman–Crippen MR) is 56.3 cm³/mol. The zero-order valence-corrected chi connectivity index (χ0v) is 9.18. The second-order valence-electron chi connectivity index (χ2n) is 3.53. The summed E-state index contributed by atoms with van der Waals surface area (Å²) in [4.78, 5) is 0. The number of nitrogens with zero attached hydrogens (tertiary/aromatic N) is 1. The number of hydrogen-bond donors (Lipinski definition) is 1. The number of sulfonamides is 1. The van der Waals surface area contributed by atoms with Gasteiger partial charge in [-0.2, -0.15) is 4.31 Å². The molecule has 0 radical (unpaired) electrons. The van der Waals surface area contributed by atoms with E-state index in [9.17, 15) is 8.42 Å². The van der Waals surface area contributed by atoms with Gasteiger partial charge in [-0.1, -0.05) is 5.92 Å². The lowest BCUT2D eigenvalue weighted by atomic mass is 10.3. The van der Waals surface area contributed by atoms with Crippen molar-refractivity contribution in [2.75, 3.05) is 25.9 Å². The zero-order valence-electron chi connectivity index (χ0n) is 8.36. The van der Waals surface area contributed by atoms with Crippen LogP contribution in [-0.4, -0.2) is 44.7 Å². The topological polar surface area (TPSA) is 49.4 Å². The van der Waals surface area contributed by atoms with Gasteiger partial charge >= 0.3 is 0 Å². The van der Waals surface area contributed by atoms with Crippen molar-refractivity contribution >= 4 is 10.0 Å². The van der Waals surface area contributed by atoms with Crippen molar-refractivity contribution in [1.82, 2.24) is 9.62 Å². The minimum absolute atomic E-state index is 0.0974. The van der Waals surface area contributed by atoms with Crippen LogP contribution in [0.2, 0.25) is 0 Å². The summed E-state index contributed by atoms with van der Waals surface area (Å²) < 4.78 is 24.6. The minimum Gasteiger partial charge on any atom is -0.313 e. The molecule has 1 fully saturated rings. The van der Waals surface area contributed by atoms with E-state index in [0.29, 0.717) is 0 Å². The van der Waals surface area contributed by atoms with Gasteiger partial charge in [-0.3, -0.25) is 0 Å². The molecular formula is C9H16N2O2S. The fourth-order valence-corrected chi connectivity index (χ4v) is 2.83. The lowest BCUT2D eigenvalue weighted by Crippen LogP contribution is -2.37. The molecule has 80 valence electrons. The van der Waals surface area contributed by atoms with Crippen molar-refractivity contribution in [2.24, 2.45) is 0 Å². The summed E-state index contributed by atoms with van der Waals surface area (Å²) >= 11 is 0. The second kappa shape index (κ2) is 4.78. The average molecular weight is 216 g/mol. The van der Waals surface area contributed by atoms with Crippen LogP contribution in [0.25, 0.3) is 0 Å². The molecule has 4 nitrogen and oxygen atoms in total. The summed E-state index contributed by atoms with van der Waals surface area (Å²) in [6, 6.07) is 0.0974. The fraction of sp³-hybridized carbons (Fsp3) is 0.778. The van der Waals surface area contributed by atoms with E-state index >= 15 is 0 Å². The Morgan fingerprint density at radius 3 is 2.86 bits per heavy atom. The highest BCUT2D eigenvalue weighted by atomic mass is 32.2. The Morgan fingerprint density at radius 2 is 2.36 bits per heavy atom. The summed E-state index contributed by atoms with van der Waals surface area (Å²) in [6.07, 6.45) is 7.05. The molecule has 5 heteroatoms. The van der Waals surface area contributed by atoms with Crippen molar-refractivity contribution in [1.29, 1.82) is 0 Å². The molecule has 1 rings (SSSR count). The van der Waals surface area contributed by atoms with Gasteiger partial charge in [-0.15, -0.1) is 6.42 Å². The molecule has 1 saturated heterocycles. The Kier molecular flexibility index (Phi) is 3.93. The van der Waals surface area contributed by atoms with Crippen LogP contribution >= 0.6 is 0 Å². The lowest BCUT2D eigenvalue weighted by Gasteiger charge is -2.17. The number of nitrogens with one attached hydrogen (secondary N) is 1. The molecule has 0 aromatic carbocycles. The molecule has 0 aliphatic carbocycles. The second-order valence-corrected chi connectivity index (χ2v) is 5.65. The molecule has 0 spiro atoms. The lowest BCUT2D eigenvalue weighted by molar-refractivity contribution is 0.492. The molecule has 1 N–H and O–H groups in total. The van der Waals surface area contributed by atoms with Gasteiger partial charge in [0.15, 0.2) is 0 Å². The Bertz CT molecular complexity index is 312. The molecule has 0 aromatic rings. The molecular weight excluding hydrogens is 200 g/mol. The van der Waals surface area contributed by atoms with Crippen LogP contribution in [0.15, 0.2) is 0 Å². The molecule has 0 bridgehead atoms. The quantitative estimate of drug-likeness (QED) is 0.653. The number of rotatable bonds is 4. The van der Waals surface area contributed by atoms with E-state index in [2.05, 4.69) is 11.2 Å². The van der Waals surface area contributed by atoms with Gasteiger partial charge in [0.1, 0.15) is 0 Å². The third-order valence-corrected chi connectivity index (χ3v) is 4.27. The zero-order chi connectivity index (χ0) is 10.6. The molecule has 1 aliphatic rings. The molecule has 1 unspecified atom stereocenters. The third kappa shape index (κ3) is 2.98. The predicted octanol–water partition coefficient (Wildman–Crippen LogP) is -0.367. The average Bonchev–Trinajstić information content (AvgIpc) is 2.56. The molecule has 14 heavy (non-hydrogen) atoms.